The average Bonchev–Trinajstić information content (AvgIpc) is 2.30. The van der Waals surface area contributed by atoms with Gasteiger partial charge in [-0.05, 0) is 12.1 Å². The summed E-state index contributed by atoms with van der Waals surface area (Å²) in [6.45, 7) is 1.88. The third-order valence-corrected chi connectivity index (χ3v) is 2.31. The lowest BCUT2D eigenvalue weighted by Crippen LogP contribution is -2.42. The van der Waals surface area contributed by atoms with Crippen LogP contribution >= 0.6 is 0 Å². The van der Waals surface area contributed by atoms with Crippen molar-refractivity contribution < 1.29 is 4.74 Å². The monoisotopic (exact) mass is 204 g/mol. The van der Waals surface area contributed by atoms with Crippen molar-refractivity contribution in [1.82, 2.24) is 4.98 Å². The molecule has 0 bridgehead atoms. The van der Waals surface area contributed by atoms with Crippen LogP contribution in [0.2, 0.25) is 0 Å². The molecule has 1 aliphatic heterocycles. The molecule has 0 spiro atoms. The molecule has 0 aromatic carbocycles. The summed E-state index contributed by atoms with van der Waals surface area (Å²) in [6, 6.07) is 5.76. The van der Waals surface area contributed by atoms with Crippen molar-refractivity contribution >= 4 is 11.5 Å². The van der Waals surface area contributed by atoms with E-state index in [0.29, 0.717) is 18.8 Å². The van der Waals surface area contributed by atoms with Gasteiger partial charge in [-0.15, -0.1) is 0 Å². The third kappa shape index (κ3) is 2.17. The molecule has 1 atom stereocenters. The SMILES string of the molecule is N#CC1CN(c2ccc(N)cn2)CCO1. The smallest absolute Gasteiger partial charge is 0.161 e. The fourth-order valence-corrected chi connectivity index (χ4v) is 1.52. The molecule has 5 nitrogen and oxygen atoms in total. The van der Waals surface area contributed by atoms with Crippen LogP contribution < -0.4 is 10.6 Å². The topological polar surface area (TPSA) is 75.2 Å². The number of pyridine rings is 1. The largest absolute Gasteiger partial charge is 0.397 e. The van der Waals surface area contributed by atoms with E-state index in [1.807, 2.05) is 11.0 Å². The van der Waals surface area contributed by atoms with Crippen LogP contribution in [0.3, 0.4) is 0 Å². The van der Waals surface area contributed by atoms with Gasteiger partial charge in [0.15, 0.2) is 6.10 Å². The fourth-order valence-electron chi connectivity index (χ4n) is 1.52. The minimum absolute atomic E-state index is 0.363. The van der Waals surface area contributed by atoms with E-state index in [2.05, 4.69) is 11.1 Å². The van der Waals surface area contributed by atoms with E-state index in [1.165, 1.54) is 0 Å². The van der Waals surface area contributed by atoms with Crippen molar-refractivity contribution in [2.45, 2.75) is 6.10 Å². The Labute approximate surface area is 88.1 Å². The third-order valence-electron chi connectivity index (χ3n) is 2.31. The number of nitrogen functional groups attached to an aromatic ring is 1. The van der Waals surface area contributed by atoms with Gasteiger partial charge < -0.3 is 15.4 Å². The van der Waals surface area contributed by atoms with E-state index in [1.54, 1.807) is 12.3 Å². The number of nitrogens with zero attached hydrogens (tertiary/aromatic N) is 3. The van der Waals surface area contributed by atoms with E-state index in [4.69, 9.17) is 15.7 Å². The fraction of sp³-hybridized carbons (Fsp3) is 0.400. The van der Waals surface area contributed by atoms with Gasteiger partial charge in [0, 0.05) is 6.54 Å². The zero-order valence-corrected chi connectivity index (χ0v) is 8.26. The Bertz CT molecular complexity index is 370. The summed E-state index contributed by atoms with van der Waals surface area (Å²) in [7, 11) is 0. The van der Waals surface area contributed by atoms with E-state index in [0.717, 1.165) is 12.4 Å². The molecule has 5 heteroatoms. The molecular formula is C10H12N4O. The van der Waals surface area contributed by atoms with Gasteiger partial charge in [0.1, 0.15) is 5.82 Å². The standard InChI is InChI=1S/C10H12N4O/c11-5-9-7-14(3-4-15-9)10-2-1-8(12)6-13-10/h1-2,6,9H,3-4,7,12H2. The van der Waals surface area contributed by atoms with Crippen LogP contribution in [0.4, 0.5) is 11.5 Å². The molecule has 0 aliphatic carbocycles. The van der Waals surface area contributed by atoms with Crippen molar-refractivity contribution in [2.75, 3.05) is 30.3 Å². The molecule has 1 unspecified atom stereocenters. The first-order valence-electron chi connectivity index (χ1n) is 4.77. The molecule has 1 aliphatic rings. The van der Waals surface area contributed by atoms with Gasteiger partial charge in [-0.1, -0.05) is 0 Å². The number of nitriles is 1. The Hall–Kier alpha value is -1.80. The molecule has 2 rings (SSSR count). The van der Waals surface area contributed by atoms with Crippen LogP contribution in [-0.2, 0) is 4.74 Å². The maximum Gasteiger partial charge on any atom is 0.161 e. The van der Waals surface area contributed by atoms with Crippen molar-refractivity contribution in [3.8, 4) is 6.07 Å². The summed E-state index contributed by atoms with van der Waals surface area (Å²) in [5.41, 5.74) is 6.19. The highest BCUT2D eigenvalue weighted by Gasteiger charge is 2.20. The van der Waals surface area contributed by atoms with Gasteiger partial charge in [0.2, 0.25) is 0 Å². The van der Waals surface area contributed by atoms with Crippen molar-refractivity contribution in [1.29, 1.82) is 5.26 Å². The number of morpholine rings is 1. The zero-order valence-electron chi connectivity index (χ0n) is 8.26. The van der Waals surface area contributed by atoms with E-state index in [9.17, 15) is 0 Å². The van der Waals surface area contributed by atoms with Crippen LogP contribution in [0.5, 0.6) is 0 Å². The van der Waals surface area contributed by atoms with E-state index < -0.39 is 0 Å². The number of nitrogens with two attached hydrogens (primary N) is 1. The lowest BCUT2D eigenvalue weighted by molar-refractivity contribution is 0.0761. The highest BCUT2D eigenvalue weighted by Crippen LogP contribution is 2.15. The van der Waals surface area contributed by atoms with Crippen molar-refractivity contribution in [2.24, 2.45) is 0 Å². The molecule has 1 saturated heterocycles. The molecule has 1 aromatic rings. The molecule has 0 saturated carbocycles. The summed E-state index contributed by atoms with van der Waals surface area (Å²) in [4.78, 5) is 6.23. The second kappa shape index (κ2) is 4.15. The molecule has 1 fully saturated rings. The molecule has 78 valence electrons. The Kier molecular flexibility index (Phi) is 2.70. The number of rotatable bonds is 1. The molecule has 0 radical (unpaired) electrons. The average molecular weight is 204 g/mol. The minimum Gasteiger partial charge on any atom is -0.397 e. The highest BCUT2D eigenvalue weighted by molar-refractivity contribution is 5.46. The summed E-state index contributed by atoms with van der Waals surface area (Å²) in [5, 5.41) is 8.76. The molecule has 0 amide bonds. The molecule has 2 heterocycles. The summed E-state index contributed by atoms with van der Waals surface area (Å²) in [5.74, 6) is 0.841. The van der Waals surface area contributed by atoms with Crippen LogP contribution in [0, 0.1) is 11.3 Å². The lowest BCUT2D eigenvalue weighted by atomic mass is 10.3. The Morgan fingerprint density at radius 2 is 2.47 bits per heavy atom. The predicted molar refractivity (Wildman–Crippen MR) is 56.2 cm³/mol. The van der Waals surface area contributed by atoms with Crippen molar-refractivity contribution in [3.63, 3.8) is 0 Å². The van der Waals surface area contributed by atoms with Gasteiger partial charge in [-0.3, -0.25) is 0 Å². The number of anilines is 2. The van der Waals surface area contributed by atoms with Gasteiger partial charge >= 0.3 is 0 Å². The maximum atomic E-state index is 8.76. The molecule has 1 aromatic heterocycles. The van der Waals surface area contributed by atoms with Crippen molar-refractivity contribution in [3.05, 3.63) is 18.3 Å². The van der Waals surface area contributed by atoms with E-state index in [-0.39, 0.29) is 6.10 Å². The van der Waals surface area contributed by atoms with Gasteiger partial charge in [-0.25, -0.2) is 4.98 Å². The molecular weight excluding hydrogens is 192 g/mol. The van der Waals surface area contributed by atoms with Crippen LogP contribution in [0.1, 0.15) is 0 Å². The quantitative estimate of drug-likeness (QED) is 0.716. The van der Waals surface area contributed by atoms with E-state index >= 15 is 0 Å². The number of aromatic nitrogens is 1. The summed E-state index contributed by atoms with van der Waals surface area (Å²) < 4.78 is 5.25. The summed E-state index contributed by atoms with van der Waals surface area (Å²) in [6.07, 6.45) is 1.25. The first kappa shape index (κ1) is 9.74. The number of hydrogen-bond donors (Lipinski definition) is 1. The minimum atomic E-state index is -0.363. The van der Waals surface area contributed by atoms with Gasteiger partial charge in [-0.2, -0.15) is 5.26 Å². The van der Waals surface area contributed by atoms with Gasteiger partial charge in [0.05, 0.1) is 31.1 Å². The zero-order chi connectivity index (χ0) is 10.7. The second-order valence-electron chi connectivity index (χ2n) is 3.38. The Morgan fingerprint density at radius 1 is 1.60 bits per heavy atom. The number of ether oxygens (including phenoxy) is 1. The lowest BCUT2D eigenvalue weighted by Gasteiger charge is -2.30. The van der Waals surface area contributed by atoms with Crippen LogP contribution in [0.25, 0.3) is 0 Å². The van der Waals surface area contributed by atoms with Crippen LogP contribution in [-0.4, -0.2) is 30.8 Å². The maximum absolute atomic E-state index is 8.76. The first-order chi connectivity index (χ1) is 7.29. The van der Waals surface area contributed by atoms with Gasteiger partial charge in [0.25, 0.3) is 0 Å². The molecule has 15 heavy (non-hydrogen) atoms. The first-order valence-corrected chi connectivity index (χ1v) is 4.77. The second-order valence-corrected chi connectivity index (χ2v) is 3.38. The predicted octanol–water partition coefficient (Wildman–Crippen LogP) is 0.393. The highest BCUT2D eigenvalue weighted by atomic mass is 16.5. The van der Waals surface area contributed by atoms with Crippen LogP contribution in [0.15, 0.2) is 18.3 Å². The number of hydrogen-bond acceptors (Lipinski definition) is 5. The normalized spacial score (nSPS) is 21.0. The Balaban J connectivity index is 2.10. The summed E-state index contributed by atoms with van der Waals surface area (Å²) >= 11 is 0. The molecule has 2 N–H and O–H groups in total. The Morgan fingerprint density at radius 3 is 3.13 bits per heavy atom.